The van der Waals surface area contributed by atoms with Gasteiger partial charge in [0.2, 0.25) is 0 Å². The van der Waals surface area contributed by atoms with Crippen LogP contribution in [0.2, 0.25) is 0 Å². The Hall–Kier alpha value is -2.48. The number of anilines is 2. The fourth-order valence-electron chi connectivity index (χ4n) is 4.65. The molecule has 0 amide bonds. The average Bonchev–Trinajstić information content (AvgIpc) is 2.95. The summed E-state index contributed by atoms with van der Waals surface area (Å²) in [5.41, 5.74) is 10.6. The molecule has 3 rings (SSSR count). The number of hydrogen-bond donors (Lipinski definition) is 0. The van der Waals surface area contributed by atoms with E-state index in [-0.39, 0.29) is 0 Å². The maximum Gasteiger partial charge on any atom is 0.0988 e. The summed E-state index contributed by atoms with van der Waals surface area (Å²) in [5, 5.41) is 0. The molecule has 1 aliphatic heterocycles. The van der Waals surface area contributed by atoms with E-state index in [1.165, 1.54) is 44.8 Å². The largest absolute Gasteiger partial charge is 0.349 e. The molecule has 142 valence electrons. The van der Waals surface area contributed by atoms with Crippen LogP contribution in [-0.4, -0.2) is 19.3 Å². The van der Waals surface area contributed by atoms with E-state index in [1.807, 2.05) is 6.08 Å². The molecule has 1 aliphatic rings. The van der Waals surface area contributed by atoms with Gasteiger partial charge < -0.3 is 9.80 Å². The molecule has 0 saturated carbocycles. The van der Waals surface area contributed by atoms with Crippen LogP contribution in [0.4, 0.5) is 11.4 Å². The second kappa shape index (κ2) is 7.64. The maximum atomic E-state index is 3.92. The molecule has 2 aromatic rings. The number of allylic oxidation sites excluding steroid dienone is 1. The first-order valence-electron chi connectivity index (χ1n) is 9.88. The zero-order valence-corrected chi connectivity index (χ0v) is 17.6. The van der Waals surface area contributed by atoms with Gasteiger partial charge in [0.25, 0.3) is 0 Å². The van der Waals surface area contributed by atoms with Crippen LogP contribution in [0, 0.1) is 27.7 Å². The fourth-order valence-corrected chi connectivity index (χ4v) is 4.65. The minimum Gasteiger partial charge on any atom is -0.349 e. The van der Waals surface area contributed by atoms with Crippen molar-refractivity contribution >= 4 is 23.5 Å². The monoisotopic (exact) mass is 360 g/mol. The molecule has 1 atom stereocenters. The molecule has 2 heteroatoms. The van der Waals surface area contributed by atoms with Crippen molar-refractivity contribution in [3.63, 3.8) is 0 Å². The van der Waals surface area contributed by atoms with Crippen molar-refractivity contribution in [2.75, 3.05) is 22.9 Å². The quantitative estimate of drug-likeness (QED) is 0.634. The van der Waals surface area contributed by atoms with E-state index in [4.69, 9.17) is 0 Å². The van der Waals surface area contributed by atoms with Gasteiger partial charge in [0.05, 0.1) is 6.17 Å². The molecular formula is C25H32N2. The Balaban J connectivity index is 1.97. The SMILES string of the molecule is C=Cc1cc(C)c(N2CCN(c3c(C)cc(/C=C/C)cc3C)C2C)c(C)c1. The van der Waals surface area contributed by atoms with E-state index in [0.29, 0.717) is 6.17 Å². The van der Waals surface area contributed by atoms with E-state index >= 15 is 0 Å². The Labute approximate surface area is 164 Å². The van der Waals surface area contributed by atoms with Crippen molar-refractivity contribution in [1.82, 2.24) is 0 Å². The minimum atomic E-state index is 0.335. The molecule has 1 heterocycles. The third-order valence-electron chi connectivity index (χ3n) is 5.68. The van der Waals surface area contributed by atoms with E-state index in [0.717, 1.165) is 13.1 Å². The Morgan fingerprint density at radius 2 is 1.22 bits per heavy atom. The van der Waals surface area contributed by atoms with Crippen molar-refractivity contribution in [1.29, 1.82) is 0 Å². The van der Waals surface area contributed by atoms with Crippen LogP contribution in [0.5, 0.6) is 0 Å². The Morgan fingerprint density at radius 1 is 0.815 bits per heavy atom. The summed E-state index contributed by atoms with van der Waals surface area (Å²) in [7, 11) is 0. The third kappa shape index (κ3) is 3.53. The normalized spacial score (nSPS) is 17.2. The first-order chi connectivity index (χ1) is 12.9. The smallest absolute Gasteiger partial charge is 0.0988 e. The van der Waals surface area contributed by atoms with Crippen LogP contribution < -0.4 is 9.80 Å². The van der Waals surface area contributed by atoms with Gasteiger partial charge in [-0.15, -0.1) is 0 Å². The van der Waals surface area contributed by atoms with Crippen molar-refractivity contribution in [3.05, 3.63) is 70.3 Å². The highest BCUT2D eigenvalue weighted by atomic mass is 15.4. The van der Waals surface area contributed by atoms with Gasteiger partial charge >= 0.3 is 0 Å². The van der Waals surface area contributed by atoms with E-state index in [1.54, 1.807) is 0 Å². The molecule has 1 fully saturated rings. The predicted molar refractivity (Wildman–Crippen MR) is 121 cm³/mol. The molecule has 2 aromatic carbocycles. The summed E-state index contributed by atoms with van der Waals surface area (Å²) in [4.78, 5) is 5.11. The third-order valence-corrected chi connectivity index (χ3v) is 5.68. The van der Waals surface area contributed by atoms with Crippen LogP contribution in [0.1, 0.15) is 47.2 Å². The zero-order valence-electron chi connectivity index (χ0n) is 17.6. The second-order valence-corrected chi connectivity index (χ2v) is 7.73. The summed E-state index contributed by atoms with van der Waals surface area (Å²) in [6.45, 7) is 19.3. The first-order valence-corrected chi connectivity index (χ1v) is 9.88. The number of rotatable bonds is 4. The van der Waals surface area contributed by atoms with E-state index < -0.39 is 0 Å². The van der Waals surface area contributed by atoms with Gasteiger partial charge in [-0.05, 0) is 99.2 Å². The first kappa shape index (κ1) is 19.3. The molecule has 0 aromatic heterocycles. The highest BCUT2D eigenvalue weighted by Crippen LogP contribution is 2.36. The molecular weight excluding hydrogens is 328 g/mol. The average molecular weight is 361 g/mol. The Morgan fingerprint density at radius 3 is 1.59 bits per heavy atom. The summed E-state index contributed by atoms with van der Waals surface area (Å²) in [6.07, 6.45) is 6.55. The molecule has 2 nitrogen and oxygen atoms in total. The van der Waals surface area contributed by atoms with Gasteiger partial charge in [0, 0.05) is 24.5 Å². The van der Waals surface area contributed by atoms with E-state index in [9.17, 15) is 0 Å². The van der Waals surface area contributed by atoms with Gasteiger partial charge in [-0.25, -0.2) is 0 Å². The van der Waals surface area contributed by atoms with Gasteiger partial charge in [-0.3, -0.25) is 0 Å². The van der Waals surface area contributed by atoms with Gasteiger partial charge in [-0.2, -0.15) is 0 Å². The number of benzene rings is 2. The van der Waals surface area contributed by atoms with Crippen LogP contribution in [0.3, 0.4) is 0 Å². The van der Waals surface area contributed by atoms with Crippen molar-refractivity contribution < 1.29 is 0 Å². The highest BCUT2D eigenvalue weighted by molar-refractivity contribution is 5.70. The van der Waals surface area contributed by atoms with Crippen molar-refractivity contribution in [2.24, 2.45) is 0 Å². The second-order valence-electron chi connectivity index (χ2n) is 7.73. The van der Waals surface area contributed by atoms with Crippen LogP contribution in [0.25, 0.3) is 12.2 Å². The van der Waals surface area contributed by atoms with E-state index in [2.05, 4.69) is 94.3 Å². The molecule has 0 aliphatic carbocycles. The molecule has 27 heavy (non-hydrogen) atoms. The summed E-state index contributed by atoms with van der Waals surface area (Å²) in [6, 6.07) is 9.08. The number of aryl methyl sites for hydroxylation is 4. The number of hydrogen-bond acceptors (Lipinski definition) is 2. The lowest BCUT2D eigenvalue weighted by molar-refractivity contribution is 0.726. The minimum absolute atomic E-state index is 0.335. The summed E-state index contributed by atoms with van der Waals surface area (Å²) < 4.78 is 0. The predicted octanol–water partition coefficient (Wildman–Crippen LogP) is 6.27. The molecule has 1 unspecified atom stereocenters. The lowest BCUT2D eigenvalue weighted by atomic mass is 10.0. The topological polar surface area (TPSA) is 6.48 Å². The van der Waals surface area contributed by atoms with Crippen molar-refractivity contribution in [2.45, 2.75) is 47.7 Å². The lowest BCUT2D eigenvalue weighted by Crippen LogP contribution is -2.37. The van der Waals surface area contributed by atoms with Gasteiger partial charge in [-0.1, -0.05) is 24.8 Å². The molecule has 0 bridgehead atoms. The van der Waals surface area contributed by atoms with Crippen LogP contribution in [0.15, 0.2) is 36.9 Å². The van der Waals surface area contributed by atoms with Crippen LogP contribution >= 0.6 is 0 Å². The molecule has 0 spiro atoms. The number of nitrogens with zero attached hydrogens (tertiary/aromatic N) is 2. The van der Waals surface area contributed by atoms with Crippen LogP contribution in [-0.2, 0) is 0 Å². The molecule has 0 N–H and O–H groups in total. The zero-order chi connectivity index (χ0) is 19.7. The van der Waals surface area contributed by atoms with Gasteiger partial charge in [0.15, 0.2) is 0 Å². The van der Waals surface area contributed by atoms with Crippen molar-refractivity contribution in [3.8, 4) is 0 Å². The molecule has 0 radical (unpaired) electrons. The lowest BCUT2D eigenvalue weighted by Gasteiger charge is -2.33. The Kier molecular flexibility index (Phi) is 5.46. The fraction of sp³-hybridized carbons (Fsp3) is 0.360. The Bertz CT molecular complexity index is 845. The highest BCUT2D eigenvalue weighted by Gasteiger charge is 2.31. The summed E-state index contributed by atoms with van der Waals surface area (Å²) in [5.74, 6) is 0. The standard InChI is InChI=1S/C25H32N2/c1-8-10-23-15-19(5)25(20(6)16-23)27-12-11-26(21(27)7)24-17(3)13-22(9-2)14-18(24)4/h8-10,13-16,21H,2,11-12H2,1,3-7H3/b10-8+. The maximum absolute atomic E-state index is 3.92. The van der Waals surface area contributed by atoms with Gasteiger partial charge in [0.1, 0.15) is 0 Å². The molecule has 1 saturated heterocycles. The summed E-state index contributed by atoms with van der Waals surface area (Å²) >= 11 is 0.